The van der Waals surface area contributed by atoms with E-state index in [9.17, 15) is 6.48 Å². The van der Waals surface area contributed by atoms with Crippen molar-refractivity contribution >= 4 is 11.0 Å². The predicted molar refractivity (Wildman–Crippen MR) is 244 cm³/mol. The molecule has 290 valence electrons. The molecule has 0 radical (unpaired) electrons. The van der Waals surface area contributed by atoms with Crippen molar-refractivity contribution in [2.75, 3.05) is 0 Å². The van der Waals surface area contributed by atoms with Crippen LogP contribution in [0.5, 0.6) is 5.75 Å². The number of phenols is 1. The van der Waals surface area contributed by atoms with Gasteiger partial charge in [-0.15, -0.1) is 0 Å². The van der Waals surface area contributed by atoms with Gasteiger partial charge in [0.05, 0.1) is 37.6 Å². The number of phenolic OH excluding ortho intramolecular Hbond substituents is 1. The van der Waals surface area contributed by atoms with Crippen LogP contribution in [0.25, 0.3) is 72.7 Å². The third-order valence-electron chi connectivity index (χ3n) is 10.1. The molecule has 2 aromatic heterocycles. The van der Waals surface area contributed by atoms with Gasteiger partial charge in [-0.25, -0.2) is 4.98 Å². The van der Waals surface area contributed by atoms with Gasteiger partial charge in [-0.05, 0) is 117 Å². The molecule has 8 aromatic rings. The first-order valence-electron chi connectivity index (χ1n) is 27.2. The van der Waals surface area contributed by atoms with Crippen molar-refractivity contribution in [3.05, 3.63) is 168 Å². The van der Waals surface area contributed by atoms with E-state index >= 15 is 0 Å². The first-order chi connectivity index (χ1) is 34.4. The van der Waals surface area contributed by atoms with Gasteiger partial charge in [0.15, 0.2) is 0 Å². The van der Waals surface area contributed by atoms with Crippen LogP contribution < -0.4 is 0 Å². The van der Waals surface area contributed by atoms with E-state index in [2.05, 4.69) is 37.0 Å². The first kappa shape index (κ1) is 23.8. The molecule has 0 spiro atoms. The third kappa shape index (κ3) is 7.72. The van der Waals surface area contributed by atoms with Crippen LogP contribution in [0.4, 0.5) is 0 Å². The molecule has 58 heavy (non-hydrogen) atoms. The van der Waals surface area contributed by atoms with Crippen molar-refractivity contribution < 1.29 is 27.0 Å². The van der Waals surface area contributed by atoms with Gasteiger partial charge in [0.25, 0.3) is 0 Å². The van der Waals surface area contributed by atoms with Gasteiger partial charge in [-0.2, -0.15) is 0 Å². The molecule has 0 atom stereocenters. The van der Waals surface area contributed by atoms with Crippen LogP contribution in [0.3, 0.4) is 0 Å². The smallest absolute Gasteiger partial charge is 0.149 e. The number of aromatic nitrogens is 3. The summed E-state index contributed by atoms with van der Waals surface area (Å²) in [6.07, 6.45) is 0.124. The number of pyridine rings is 1. The zero-order valence-corrected chi connectivity index (χ0v) is 33.0. The second-order valence-electron chi connectivity index (χ2n) is 16.0. The van der Waals surface area contributed by atoms with Gasteiger partial charge < -0.3 is 5.11 Å². The average molecular weight is 776 g/mol. The summed E-state index contributed by atoms with van der Waals surface area (Å²) in [4.78, 5) is 9.69. The van der Waals surface area contributed by atoms with Gasteiger partial charge >= 0.3 is 0 Å². The molecule has 8 rings (SSSR count). The summed E-state index contributed by atoms with van der Waals surface area (Å²) in [5.41, 5.74) is 0.408. The maximum atomic E-state index is 11.4. The summed E-state index contributed by atoms with van der Waals surface area (Å²) < 4.78 is 140. The van der Waals surface area contributed by atoms with Crippen LogP contribution in [0.15, 0.2) is 152 Å². The van der Waals surface area contributed by atoms with Crippen LogP contribution in [0.1, 0.15) is 93.8 Å². The topological polar surface area (TPSA) is 50.9 Å². The molecular weight excluding hydrogens is 707 g/mol. The number of aromatic hydroxyl groups is 1. The Morgan fingerprint density at radius 2 is 1.38 bits per heavy atom. The number of nitrogens with zero attached hydrogens (tertiary/aromatic N) is 3. The summed E-state index contributed by atoms with van der Waals surface area (Å²) in [6, 6.07) is 28.2. The number of rotatable bonds is 8. The normalized spacial score (nSPS) is 16.7. The summed E-state index contributed by atoms with van der Waals surface area (Å²) in [7, 11) is 0. The summed E-state index contributed by atoms with van der Waals surface area (Å²) >= 11 is 0. The Bertz CT molecular complexity index is 3430. The van der Waals surface area contributed by atoms with E-state index in [1.54, 1.807) is 30.3 Å². The van der Waals surface area contributed by atoms with Gasteiger partial charge in [0.1, 0.15) is 11.6 Å². The molecule has 0 saturated heterocycles. The quantitative estimate of drug-likeness (QED) is 0.167. The van der Waals surface area contributed by atoms with Gasteiger partial charge in [-0.3, -0.25) is 9.55 Å². The van der Waals surface area contributed by atoms with Gasteiger partial charge in [0.2, 0.25) is 0 Å². The van der Waals surface area contributed by atoms with Crippen molar-refractivity contribution in [2.24, 2.45) is 5.92 Å². The second-order valence-corrected chi connectivity index (χ2v) is 16.0. The summed E-state index contributed by atoms with van der Waals surface area (Å²) in [6.45, 7) is -1.49. The lowest BCUT2D eigenvalue weighted by Gasteiger charge is -2.22. The minimum atomic E-state index is -3.91. The Balaban J connectivity index is 1.41. The van der Waals surface area contributed by atoms with Crippen LogP contribution in [-0.2, 0) is 17.3 Å². The number of hydrogen-bond donors (Lipinski definition) is 1. The SMILES string of the molecule is [2H]c1nc(-c2cc(-c3cccc4c3nc(-c3ccccc3O)n4-c3ccc(CC(C)C)cc3-c3ccccc3)cc(C(C)(C)C)c2)c([2H])c(-c2c([2H])c([2H])c(C(C([2H])([2H])[2H])(C([2H])([2H])[2H])C([2H])([2H])[2H])c([2H])c2[2H])c1[2H]. The minimum absolute atomic E-state index is 0.0109. The van der Waals surface area contributed by atoms with E-state index in [0.29, 0.717) is 39.5 Å². The highest BCUT2D eigenvalue weighted by molar-refractivity contribution is 5.97. The Labute approximate surface area is 366 Å². The van der Waals surface area contributed by atoms with Gasteiger partial charge in [-0.1, -0.05) is 146 Å². The molecule has 0 aliphatic rings. The van der Waals surface area contributed by atoms with E-state index in [0.717, 1.165) is 34.4 Å². The minimum Gasteiger partial charge on any atom is -0.507 e. The molecule has 0 aliphatic carbocycles. The highest BCUT2D eigenvalue weighted by atomic mass is 16.3. The lowest BCUT2D eigenvalue weighted by Crippen LogP contribution is -2.11. The van der Waals surface area contributed by atoms with E-state index in [1.165, 1.54) is 0 Å². The fraction of sp³-hybridized carbons (Fsp3) is 0.222. The standard InChI is InChI=1S/C54H53N3O/c1-35(2)29-36-21-26-48(46(30-36)38-15-10-9-11-16-38)57-49-19-14-18-44(51(49)56-52(57)45-17-12-13-20-50(45)58)40-31-41(33-43(32-40)54(6,7)8)47-34-39(27-28-55-47)37-22-24-42(25-23-37)53(3,4)5/h9-28,30-35,58H,29H2,1-8H3/i3D3,4D3,5D3,22D,23D,24D,25D,27D,28D,34D. The second kappa shape index (κ2) is 15.2. The van der Waals surface area contributed by atoms with Gasteiger partial charge in [0, 0.05) is 35.2 Å². The number of para-hydroxylation sites is 2. The molecule has 2 heterocycles. The fourth-order valence-electron chi connectivity index (χ4n) is 7.20. The van der Waals surface area contributed by atoms with E-state index in [1.807, 2.05) is 86.0 Å². The molecule has 0 aliphatic heterocycles. The maximum absolute atomic E-state index is 11.4. The van der Waals surface area contributed by atoms with Crippen LogP contribution in [-0.4, -0.2) is 19.6 Å². The molecule has 0 fully saturated rings. The molecule has 4 nitrogen and oxygen atoms in total. The number of fused-ring (bicyclic) bond motifs is 1. The maximum Gasteiger partial charge on any atom is 0.149 e. The molecule has 1 N–H and O–H groups in total. The fourth-order valence-corrected chi connectivity index (χ4v) is 7.20. The Morgan fingerprint density at radius 3 is 2.10 bits per heavy atom. The zero-order valence-electron chi connectivity index (χ0n) is 49.0. The molecular formula is C54H53N3O. The molecule has 0 unspecified atom stereocenters. The Hall–Kier alpha value is -6.26. The lowest BCUT2D eigenvalue weighted by molar-refractivity contribution is 0.477. The van der Waals surface area contributed by atoms with Crippen molar-refractivity contribution in [3.63, 3.8) is 0 Å². The third-order valence-corrected chi connectivity index (χ3v) is 10.1. The number of imidazole rings is 1. The highest BCUT2D eigenvalue weighted by Crippen LogP contribution is 2.42. The van der Waals surface area contributed by atoms with Crippen LogP contribution in [0, 0.1) is 5.92 Å². The predicted octanol–water partition coefficient (Wildman–Crippen LogP) is 14.3. The largest absolute Gasteiger partial charge is 0.507 e. The number of benzene rings is 6. The molecule has 6 aromatic carbocycles. The Morgan fingerprint density at radius 1 is 0.655 bits per heavy atom. The highest BCUT2D eigenvalue weighted by Gasteiger charge is 2.24. The van der Waals surface area contributed by atoms with Crippen molar-refractivity contribution in [2.45, 2.75) is 72.4 Å². The zero-order chi connectivity index (χ0) is 54.4. The molecule has 0 amide bonds. The van der Waals surface area contributed by atoms with Crippen LogP contribution >= 0.6 is 0 Å². The van der Waals surface area contributed by atoms with E-state index < -0.39 is 90.5 Å². The van der Waals surface area contributed by atoms with E-state index in [-0.39, 0.29) is 17.0 Å². The van der Waals surface area contributed by atoms with Crippen LogP contribution in [0.2, 0.25) is 0 Å². The summed E-state index contributed by atoms with van der Waals surface area (Å²) in [5, 5.41) is 11.4. The van der Waals surface area contributed by atoms with Crippen molar-refractivity contribution in [1.82, 2.24) is 14.5 Å². The molecule has 0 saturated carbocycles. The van der Waals surface area contributed by atoms with E-state index in [4.69, 9.17) is 25.5 Å². The molecule has 0 bridgehead atoms. The monoisotopic (exact) mass is 776 g/mol. The lowest BCUT2D eigenvalue weighted by atomic mass is 9.83. The number of hydrogen-bond acceptors (Lipinski definition) is 3. The summed E-state index contributed by atoms with van der Waals surface area (Å²) in [5.74, 6) is 0.861. The van der Waals surface area contributed by atoms with Crippen molar-refractivity contribution in [3.8, 4) is 67.5 Å². The first-order valence-corrected chi connectivity index (χ1v) is 19.2. The molecule has 4 heteroatoms. The Kier molecular flexibility index (Phi) is 6.27. The van der Waals surface area contributed by atoms with Crippen molar-refractivity contribution in [1.29, 1.82) is 0 Å². The average Bonchev–Trinajstić information content (AvgIpc) is 3.70.